The number of benzene rings is 1. The Morgan fingerprint density at radius 3 is 2.77 bits per heavy atom. The highest BCUT2D eigenvalue weighted by molar-refractivity contribution is 7.98. The summed E-state index contributed by atoms with van der Waals surface area (Å²) in [5.74, 6) is 0. The summed E-state index contributed by atoms with van der Waals surface area (Å²) in [6, 6.07) is 8.24. The van der Waals surface area contributed by atoms with E-state index in [1.165, 1.54) is 5.56 Å². The third-order valence-corrected chi connectivity index (χ3v) is 7.33. The Morgan fingerprint density at radius 1 is 1.00 bits per heavy atom. The molecule has 4 aromatic heterocycles. The maximum atomic E-state index is 5.99. The van der Waals surface area contributed by atoms with Gasteiger partial charge in [0.2, 0.25) is 0 Å². The van der Waals surface area contributed by atoms with Crippen LogP contribution in [0.4, 0.5) is 0 Å². The lowest BCUT2D eigenvalue weighted by Crippen LogP contribution is -2.17. The van der Waals surface area contributed by atoms with Gasteiger partial charge in [-0.05, 0) is 61.8 Å². The first-order chi connectivity index (χ1) is 17.2. The van der Waals surface area contributed by atoms with E-state index in [1.54, 1.807) is 24.4 Å². The zero-order valence-corrected chi connectivity index (χ0v) is 20.5. The molecular weight excluding hydrogens is 458 g/mol. The molecule has 0 bridgehead atoms. The number of hydrogen-bond acceptors (Lipinski definition) is 8. The lowest BCUT2D eigenvalue weighted by Gasteiger charge is -2.23. The quantitative estimate of drug-likeness (QED) is 0.250. The first kappa shape index (κ1) is 22.1. The molecule has 1 aromatic carbocycles. The van der Waals surface area contributed by atoms with Gasteiger partial charge in [-0.3, -0.25) is 9.55 Å². The Morgan fingerprint density at radius 2 is 1.91 bits per heavy atom. The zero-order valence-electron chi connectivity index (χ0n) is 19.7. The highest BCUT2D eigenvalue weighted by Crippen LogP contribution is 2.33. The number of rotatable bonds is 5. The Bertz CT molecular complexity index is 1530. The van der Waals surface area contributed by atoms with Crippen molar-refractivity contribution in [1.82, 2.24) is 34.5 Å². The van der Waals surface area contributed by atoms with Crippen LogP contribution < -0.4 is 0 Å². The average Bonchev–Trinajstić information content (AvgIpc) is 3.35. The number of aromatic nitrogens is 7. The third-order valence-electron chi connectivity index (χ3n) is 6.62. The Kier molecular flexibility index (Phi) is 5.87. The fourth-order valence-electron chi connectivity index (χ4n) is 4.82. The van der Waals surface area contributed by atoms with E-state index in [0.29, 0.717) is 6.42 Å². The molecule has 9 heteroatoms. The van der Waals surface area contributed by atoms with Gasteiger partial charge in [-0.2, -0.15) is 0 Å². The minimum atomic E-state index is -0.0338. The van der Waals surface area contributed by atoms with Gasteiger partial charge in [-0.1, -0.05) is 6.07 Å². The van der Waals surface area contributed by atoms with Crippen LogP contribution in [0.2, 0.25) is 0 Å². The molecule has 1 unspecified atom stereocenters. The average molecular weight is 484 g/mol. The molecular formula is C26H25N7OS. The molecule has 1 atom stereocenters. The first-order valence-corrected chi connectivity index (χ1v) is 13.0. The van der Waals surface area contributed by atoms with E-state index in [0.717, 1.165) is 75.5 Å². The van der Waals surface area contributed by atoms with Crippen LogP contribution in [0.1, 0.15) is 42.3 Å². The second-order valence-electron chi connectivity index (χ2n) is 8.68. The van der Waals surface area contributed by atoms with Crippen molar-refractivity contribution >= 4 is 33.8 Å². The van der Waals surface area contributed by atoms with Crippen LogP contribution in [0.15, 0.2) is 54.5 Å². The molecule has 1 aliphatic rings. The molecule has 0 saturated carbocycles. The number of ether oxygens (including phenoxy) is 1. The largest absolute Gasteiger partial charge is 0.358 e. The van der Waals surface area contributed by atoms with E-state index >= 15 is 0 Å². The predicted molar refractivity (Wildman–Crippen MR) is 136 cm³/mol. The molecule has 0 radical (unpaired) electrons. The standard InChI is InChI=1S/C26H25N7OS/c1-16-8-9-18-22(28-14-31-26(18)35-2)19(16)12-20-17(6-5-10-27-20)23-24-25(30-13-29-23)33(15-32-24)21-7-3-4-11-34-21/h5-6,8-10,13-15,21H,3-4,7,11-12H2,1-2H3. The van der Waals surface area contributed by atoms with E-state index < -0.39 is 0 Å². The van der Waals surface area contributed by atoms with Crippen LogP contribution in [-0.2, 0) is 11.2 Å². The molecule has 5 aromatic rings. The highest BCUT2D eigenvalue weighted by atomic mass is 32.2. The van der Waals surface area contributed by atoms with Crippen LogP contribution in [-0.4, -0.2) is 47.3 Å². The van der Waals surface area contributed by atoms with E-state index in [2.05, 4.69) is 45.1 Å². The lowest BCUT2D eigenvalue weighted by molar-refractivity contribution is -0.0298. The first-order valence-electron chi connectivity index (χ1n) is 11.7. The summed E-state index contributed by atoms with van der Waals surface area (Å²) in [7, 11) is 0. The summed E-state index contributed by atoms with van der Waals surface area (Å²) in [6.07, 6.45) is 12.7. The molecule has 176 valence electrons. The van der Waals surface area contributed by atoms with Gasteiger partial charge in [0.05, 0.1) is 17.5 Å². The van der Waals surface area contributed by atoms with Gasteiger partial charge >= 0.3 is 0 Å². The molecule has 6 rings (SSSR count). The number of imidazole rings is 1. The van der Waals surface area contributed by atoms with Crippen molar-refractivity contribution in [2.45, 2.75) is 43.9 Å². The van der Waals surface area contributed by atoms with Crippen molar-refractivity contribution in [3.05, 3.63) is 66.3 Å². The number of aryl methyl sites for hydroxylation is 1. The number of pyridine rings is 1. The Hall–Kier alpha value is -3.43. The molecule has 35 heavy (non-hydrogen) atoms. The molecule has 1 fully saturated rings. The fraction of sp³-hybridized carbons (Fsp3) is 0.308. The van der Waals surface area contributed by atoms with Crippen molar-refractivity contribution in [1.29, 1.82) is 0 Å². The summed E-state index contributed by atoms with van der Waals surface area (Å²) in [6.45, 7) is 2.88. The minimum Gasteiger partial charge on any atom is -0.358 e. The van der Waals surface area contributed by atoms with E-state index in [4.69, 9.17) is 14.7 Å². The van der Waals surface area contributed by atoms with Crippen LogP contribution in [0.5, 0.6) is 0 Å². The Balaban J connectivity index is 1.46. The Labute approximate surface area is 207 Å². The van der Waals surface area contributed by atoms with Crippen molar-refractivity contribution < 1.29 is 4.74 Å². The maximum Gasteiger partial charge on any atom is 0.165 e. The summed E-state index contributed by atoms with van der Waals surface area (Å²) in [5.41, 5.74) is 7.49. The van der Waals surface area contributed by atoms with Gasteiger partial charge in [-0.15, -0.1) is 11.8 Å². The van der Waals surface area contributed by atoms with Gasteiger partial charge in [0, 0.05) is 30.2 Å². The zero-order chi connectivity index (χ0) is 23.8. The van der Waals surface area contributed by atoms with Crippen molar-refractivity contribution in [3.63, 3.8) is 0 Å². The molecule has 0 amide bonds. The lowest BCUT2D eigenvalue weighted by atomic mass is 9.97. The van der Waals surface area contributed by atoms with Crippen molar-refractivity contribution in [2.24, 2.45) is 0 Å². The second-order valence-corrected chi connectivity index (χ2v) is 9.48. The number of nitrogens with zero attached hydrogens (tertiary/aromatic N) is 7. The van der Waals surface area contributed by atoms with Crippen molar-refractivity contribution in [3.8, 4) is 11.3 Å². The van der Waals surface area contributed by atoms with Crippen LogP contribution in [0, 0.1) is 6.92 Å². The van der Waals surface area contributed by atoms with Gasteiger partial charge < -0.3 is 4.74 Å². The summed E-state index contributed by atoms with van der Waals surface area (Å²) < 4.78 is 8.02. The van der Waals surface area contributed by atoms with Crippen molar-refractivity contribution in [2.75, 3.05) is 12.9 Å². The molecule has 8 nitrogen and oxygen atoms in total. The fourth-order valence-corrected chi connectivity index (χ4v) is 5.35. The molecule has 0 N–H and O–H groups in total. The predicted octanol–water partition coefficient (Wildman–Crippen LogP) is 5.15. The topological polar surface area (TPSA) is 91.5 Å². The maximum absolute atomic E-state index is 5.99. The monoisotopic (exact) mass is 483 g/mol. The van der Waals surface area contributed by atoms with E-state index in [1.807, 2.05) is 29.4 Å². The second kappa shape index (κ2) is 9.31. The third kappa shape index (κ3) is 3.94. The molecule has 5 heterocycles. The molecule has 0 aliphatic carbocycles. The molecule has 1 saturated heterocycles. The SMILES string of the molecule is CSc1ncnc2c(Cc3ncccc3-c3ncnc4c3ncn4C3CCCCO3)c(C)ccc12. The molecule has 0 spiro atoms. The minimum absolute atomic E-state index is 0.0338. The van der Waals surface area contributed by atoms with Crippen LogP contribution in [0.3, 0.4) is 0 Å². The van der Waals surface area contributed by atoms with E-state index in [-0.39, 0.29) is 6.23 Å². The van der Waals surface area contributed by atoms with Gasteiger partial charge in [0.25, 0.3) is 0 Å². The smallest absolute Gasteiger partial charge is 0.165 e. The van der Waals surface area contributed by atoms with Gasteiger partial charge in [-0.25, -0.2) is 24.9 Å². The summed E-state index contributed by atoms with van der Waals surface area (Å²) >= 11 is 1.63. The van der Waals surface area contributed by atoms with Gasteiger partial charge in [0.15, 0.2) is 5.65 Å². The number of hydrogen-bond donors (Lipinski definition) is 0. The normalized spacial score (nSPS) is 16.2. The number of thioether (sulfide) groups is 1. The number of fused-ring (bicyclic) bond motifs is 2. The van der Waals surface area contributed by atoms with Crippen LogP contribution >= 0.6 is 11.8 Å². The van der Waals surface area contributed by atoms with Gasteiger partial charge in [0.1, 0.15) is 35.1 Å². The van der Waals surface area contributed by atoms with Crippen LogP contribution in [0.25, 0.3) is 33.3 Å². The highest BCUT2D eigenvalue weighted by Gasteiger charge is 2.22. The molecule has 1 aliphatic heterocycles. The van der Waals surface area contributed by atoms with E-state index in [9.17, 15) is 0 Å². The summed E-state index contributed by atoms with van der Waals surface area (Å²) in [5, 5.41) is 2.04. The summed E-state index contributed by atoms with van der Waals surface area (Å²) in [4.78, 5) is 27.8.